The molecule has 144 valence electrons. The van der Waals surface area contributed by atoms with Crippen molar-refractivity contribution in [3.8, 4) is 5.75 Å². The third-order valence-electron chi connectivity index (χ3n) is 5.02. The molecule has 1 aromatic rings. The van der Waals surface area contributed by atoms with Crippen LogP contribution in [0.4, 0.5) is 11.4 Å². The Hall–Kier alpha value is -2.65. The molecule has 1 N–H and O–H groups in total. The smallest absolute Gasteiger partial charge is 0.305 e. The third kappa shape index (κ3) is 3.24. The molecular formula is C18H21N3O6. The summed E-state index contributed by atoms with van der Waals surface area (Å²) >= 11 is 0. The Balaban J connectivity index is 1.48. The van der Waals surface area contributed by atoms with E-state index in [0.29, 0.717) is 43.2 Å². The summed E-state index contributed by atoms with van der Waals surface area (Å²) in [5.41, 5.74) is 0.306. The Kier molecular flexibility index (Phi) is 4.48. The quantitative estimate of drug-likeness (QED) is 0.566. The summed E-state index contributed by atoms with van der Waals surface area (Å²) in [6, 6.07) is 5.17. The summed E-state index contributed by atoms with van der Waals surface area (Å²) in [4.78, 5) is 39.6. The maximum Gasteiger partial charge on any atom is 0.305 e. The van der Waals surface area contributed by atoms with Crippen molar-refractivity contribution in [1.29, 1.82) is 0 Å². The van der Waals surface area contributed by atoms with Crippen LogP contribution in [0, 0.1) is 0 Å². The average molecular weight is 375 g/mol. The molecule has 9 heteroatoms. The van der Waals surface area contributed by atoms with Crippen LogP contribution >= 0.6 is 0 Å². The van der Waals surface area contributed by atoms with Crippen molar-refractivity contribution in [3.05, 3.63) is 18.2 Å². The van der Waals surface area contributed by atoms with Crippen LogP contribution in [0.1, 0.15) is 12.8 Å². The van der Waals surface area contributed by atoms with E-state index in [1.54, 1.807) is 23.1 Å². The molecule has 0 bridgehead atoms. The summed E-state index contributed by atoms with van der Waals surface area (Å²) in [6.45, 7) is 2.22. The molecule has 0 radical (unpaired) electrons. The molecule has 2 amide bonds. The fourth-order valence-electron chi connectivity index (χ4n) is 3.46. The van der Waals surface area contributed by atoms with E-state index in [-0.39, 0.29) is 30.8 Å². The summed E-state index contributed by atoms with van der Waals surface area (Å²) in [5, 5.41) is 2.86. The fourth-order valence-corrected chi connectivity index (χ4v) is 3.46. The number of hydrogen-bond donors (Lipinski definition) is 1. The number of fused-ring (bicyclic) bond motifs is 2. The highest BCUT2D eigenvalue weighted by Crippen LogP contribution is 2.40. The lowest BCUT2D eigenvalue weighted by Crippen LogP contribution is -2.39. The molecule has 3 heterocycles. The molecule has 3 aliphatic rings. The molecule has 1 aromatic carbocycles. The number of amides is 2. The van der Waals surface area contributed by atoms with Crippen LogP contribution < -0.4 is 15.0 Å². The number of rotatable bonds is 6. The van der Waals surface area contributed by atoms with Crippen LogP contribution in [0.3, 0.4) is 0 Å². The topological polar surface area (TPSA) is 97.2 Å². The van der Waals surface area contributed by atoms with Gasteiger partial charge in [0.1, 0.15) is 5.75 Å². The molecule has 2 atom stereocenters. The highest BCUT2D eigenvalue weighted by atomic mass is 16.6. The van der Waals surface area contributed by atoms with Gasteiger partial charge in [-0.05, 0) is 24.6 Å². The van der Waals surface area contributed by atoms with Crippen molar-refractivity contribution < 1.29 is 28.6 Å². The predicted octanol–water partition coefficient (Wildman–Crippen LogP) is 0.346. The van der Waals surface area contributed by atoms with Crippen molar-refractivity contribution in [2.45, 2.75) is 18.6 Å². The van der Waals surface area contributed by atoms with Crippen molar-refractivity contribution >= 4 is 29.2 Å². The second kappa shape index (κ2) is 6.82. The summed E-state index contributed by atoms with van der Waals surface area (Å²) in [6.07, 6.45) is 0.697. The van der Waals surface area contributed by atoms with Gasteiger partial charge in [0, 0.05) is 25.2 Å². The lowest BCUT2D eigenvalue weighted by molar-refractivity contribution is -0.140. The molecule has 3 aliphatic heterocycles. The molecule has 27 heavy (non-hydrogen) atoms. The van der Waals surface area contributed by atoms with Gasteiger partial charge in [0.15, 0.2) is 6.61 Å². The number of carbonyl (C=O) groups is 3. The number of anilines is 2. The summed E-state index contributed by atoms with van der Waals surface area (Å²) in [7, 11) is 1.33. The lowest BCUT2D eigenvalue weighted by atomic mass is 10.2. The molecule has 0 spiro atoms. The first kappa shape index (κ1) is 17.7. The van der Waals surface area contributed by atoms with Crippen molar-refractivity contribution in [1.82, 2.24) is 4.90 Å². The van der Waals surface area contributed by atoms with E-state index >= 15 is 0 Å². The molecule has 2 saturated heterocycles. The normalized spacial score (nSPS) is 25.3. The standard InChI is InChI=1S/C18H21N3O6/c1-25-16(23)3-2-6-21-13-9-12(4-5-14(13)26-10-15(21)22)19-17(24)18-11-20(18)7-8-27-18/h4-5,9H,2-3,6-8,10-11H2,1H3,(H,19,24). The molecule has 2 unspecified atom stereocenters. The highest BCUT2D eigenvalue weighted by molar-refractivity contribution is 6.02. The van der Waals surface area contributed by atoms with Gasteiger partial charge < -0.3 is 24.4 Å². The van der Waals surface area contributed by atoms with Gasteiger partial charge >= 0.3 is 5.97 Å². The number of benzene rings is 1. The van der Waals surface area contributed by atoms with Crippen LogP contribution in [-0.2, 0) is 23.9 Å². The van der Waals surface area contributed by atoms with Gasteiger partial charge in [-0.25, -0.2) is 0 Å². The van der Waals surface area contributed by atoms with E-state index in [4.69, 9.17) is 9.47 Å². The van der Waals surface area contributed by atoms with Crippen molar-refractivity contribution in [3.63, 3.8) is 0 Å². The zero-order valence-electron chi connectivity index (χ0n) is 15.0. The molecular weight excluding hydrogens is 354 g/mol. The lowest BCUT2D eigenvalue weighted by Gasteiger charge is -2.30. The zero-order chi connectivity index (χ0) is 19.0. The monoisotopic (exact) mass is 375 g/mol. The minimum Gasteiger partial charge on any atom is -0.482 e. The van der Waals surface area contributed by atoms with Crippen LogP contribution in [0.2, 0.25) is 0 Å². The van der Waals surface area contributed by atoms with Crippen LogP contribution in [-0.4, -0.2) is 68.4 Å². The van der Waals surface area contributed by atoms with Gasteiger partial charge in [-0.1, -0.05) is 0 Å². The Bertz CT molecular complexity index is 797. The Morgan fingerprint density at radius 1 is 1.37 bits per heavy atom. The van der Waals surface area contributed by atoms with Gasteiger partial charge in [-0.3, -0.25) is 19.3 Å². The van der Waals surface area contributed by atoms with Crippen LogP contribution in [0.15, 0.2) is 18.2 Å². The van der Waals surface area contributed by atoms with Crippen molar-refractivity contribution in [2.24, 2.45) is 0 Å². The Labute approximate surface area is 156 Å². The second-order valence-electron chi connectivity index (χ2n) is 6.70. The third-order valence-corrected chi connectivity index (χ3v) is 5.02. The van der Waals surface area contributed by atoms with E-state index < -0.39 is 5.72 Å². The first-order valence-corrected chi connectivity index (χ1v) is 8.88. The van der Waals surface area contributed by atoms with E-state index in [1.165, 1.54) is 7.11 Å². The number of nitrogens with one attached hydrogen (secondary N) is 1. The van der Waals surface area contributed by atoms with Gasteiger partial charge in [0.25, 0.3) is 11.8 Å². The molecule has 4 rings (SSSR count). The highest BCUT2D eigenvalue weighted by Gasteiger charge is 2.63. The fraction of sp³-hybridized carbons (Fsp3) is 0.500. The van der Waals surface area contributed by atoms with Gasteiger partial charge in [0.05, 0.1) is 25.9 Å². The maximum absolute atomic E-state index is 12.5. The number of methoxy groups -OCH3 is 1. The Morgan fingerprint density at radius 2 is 2.22 bits per heavy atom. The van der Waals surface area contributed by atoms with Gasteiger partial charge in [-0.2, -0.15) is 0 Å². The summed E-state index contributed by atoms with van der Waals surface area (Å²) in [5.74, 6) is -0.155. The Morgan fingerprint density at radius 3 is 2.93 bits per heavy atom. The molecule has 9 nitrogen and oxygen atoms in total. The first-order valence-electron chi connectivity index (χ1n) is 8.88. The van der Waals surface area contributed by atoms with E-state index in [2.05, 4.69) is 10.1 Å². The van der Waals surface area contributed by atoms with Crippen molar-refractivity contribution in [2.75, 3.05) is 50.2 Å². The van der Waals surface area contributed by atoms with Gasteiger partial charge in [-0.15, -0.1) is 0 Å². The largest absolute Gasteiger partial charge is 0.482 e. The van der Waals surface area contributed by atoms with E-state index in [1.807, 2.05) is 4.90 Å². The zero-order valence-corrected chi connectivity index (χ0v) is 15.0. The number of esters is 1. The molecule has 2 fully saturated rings. The minimum atomic E-state index is -0.831. The molecule has 0 aliphatic carbocycles. The van der Waals surface area contributed by atoms with E-state index in [9.17, 15) is 14.4 Å². The second-order valence-corrected chi connectivity index (χ2v) is 6.70. The van der Waals surface area contributed by atoms with E-state index in [0.717, 1.165) is 6.54 Å². The number of ether oxygens (including phenoxy) is 3. The average Bonchev–Trinajstić information content (AvgIpc) is 3.24. The first-order chi connectivity index (χ1) is 13.0. The maximum atomic E-state index is 12.5. The number of morpholine rings is 1. The van der Waals surface area contributed by atoms with Crippen LogP contribution in [0.5, 0.6) is 5.75 Å². The van der Waals surface area contributed by atoms with Crippen LogP contribution in [0.25, 0.3) is 0 Å². The summed E-state index contributed by atoms with van der Waals surface area (Å²) < 4.78 is 15.7. The number of nitrogens with zero attached hydrogens (tertiary/aromatic N) is 2. The number of hydrogen-bond acceptors (Lipinski definition) is 7. The predicted molar refractivity (Wildman–Crippen MR) is 94.4 cm³/mol. The SMILES string of the molecule is COC(=O)CCCN1C(=O)COc2ccc(NC(=O)C34CN3CCO4)cc21. The molecule has 0 saturated carbocycles. The van der Waals surface area contributed by atoms with Gasteiger partial charge in [0.2, 0.25) is 5.72 Å². The molecule has 0 aromatic heterocycles. The number of carbonyl (C=O) groups excluding carboxylic acids is 3. The minimum absolute atomic E-state index is 0.0527.